The van der Waals surface area contributed by atoms with E-state index in [4.69, 9.17) is 32.7 Å². The van der Waals surface area contributed by atoms with E-state index in [2.05, 4.69) is 10.9 Å². The molecule has 3 aromatic rings. The first-order valence-corrected chi connectivity index (χ1v) is 11.2. The van der Waals surface area contributed by atoms with Gasteiger partial charge in [-0.3, -0.25) is 20.4 Å². The number of rotatable bonds is 9. The summed E-state index contributed by atoms with van der Waals surface area (Å²) in [5, 5.41) is 0.924. The van der Waals surface area contributed by atoms with Crippen LogP contribution in [0, 0.1) is 0 Å². The Morgan fingerprint density at radius 3 is 2.30 bits per heavy atom. The van der Waals surface area contributed by atoms with Gasteiger partial charge >= 0.3 is 0 Å². The number of amides is 2. The van der Waals surface area contributed by atoms with Gasteiger partial charge < -0.3 is 9.47 Å². The monoisotopic (exact) mass is 486 g/mol. The SMILES string of the molecule is CC(Oc1ccc(-c2ccccc2)cc1)C(=O)NNC(=O)CCCOc1ccc(Cl)cc1Cl. The summed E-state index contributed by atoms with van der Waals surface area (Å²) in [5.74, 6) is 0.257. The average molecular weight is 487 g/mol. The number of nitrogens with one attached hydrogen (secondary N) is 2. The van der Waals surface area contributed by atoms with Crippen molar-refractivity contribution in [3.63, 3.8) is 0 Å². The second-order valence-corrected chi connectivity index (χ2v) is 8.06. The van der Waals surface area contributed by atoms with E-state index in [1.807, 2.05) is 42.5 Å². The summed E-state index contributed by atoms with van der Waals surface area (Å²) < 4.78 is 11.2. The molecular formula is C25H24Cl2N2O4. The molecule has 3 rings (SSSR count). The van der Waals surface area contributed by atoms with Crippen LogP contribution in [0.4, 0.5) is 0 Å². The van der Waals surface area contributed by atoms with Gasteiger partial charge in [-0.2, -0.15) is 0 Å². The molecular weight excluding hydrogens is 463 g/mol. The Morgan fingerprint density at radius 1 is 0.909 bits per heavy atom. The lowest BCUT2D eigenvalue weighted by molar-refractivity contribution is -0.132. The molecule has 0 spiro atoms. The van der Waals surface area contributed by atoms with Crippen LogP contribution in [0.25, 0.3) is 11.1 Å². The number of halogens is 2. The highest BCUT2D eigenvalue weighted by atomic mass is 35.5. The van der Waals surface area contributed by atoms with Gasteiger partial charge in [0.05, 0.1) is 11.6 Å². The first-order valence-electron chi connectivity index (χ1n) is 10.4. The number of hydrogen-bond acceptors (Lipinski definition) is 4. The number of hydrazine groups is 1. The number of benzene rings is 3. The van der Waals surface area contributed by atoms with E-state index >= 15 is 0 Å². The first kappa shape index (κ1) is 24.4. The van der Waals surface area contributed by atoms with Crippen LogP contribution < -0.4 is 20.3 Å². The van der Waals surface area contributed by atoms with E-state index in [-0.39, 0.29) is 12.3 Å². The molecule has 0 radical (unpaired) electrons. The zero-order chi connectivity index (χ0) is 23.6. The molecule has 8 heteroatoms. The molecule has 0 aliphatic rings. The van der Waals surface area contributed by atoms with Crippen molar-refractivity contribution >= 4 is 35.0 Å². The molecule has 172 valence electrons. The van der Waals surface area contributed by atoms with Gasteiger partial charge in [-0.15, -0.1) is 0 Å². The van der Waals surface area contributed by atoms with Crippen LogP contribution in [0.3, 0.4) is 0 Å². The fraction of sp³-hybridized carbons (Fsp3) is 0.200. The summed E-state index contributed by atoms with van der Waals surface area (Å²) in [5.41, 5.74) is 6.90. The van der Waals surface area contributed by atoms with Crippen molar-refractivity contribution in [3.05, 3.63) is 82.8 Å². The molecule has 0 aromatic heterocycles. The van der Waals surface area contributed by atoms with E-state index in [0.717, 1.165) is 11.1 Å². The van der Waals surface area contributed by atoms with Gasteiger partial charge in [-0.1, -0.05) is 65.7 Å². The van der Waals surface area contributed by atoms with Gasteiger partial charge in [-0.05, 0) is 54.8 Å². The normalized spacial score (nSPS) is 11.4. The average Bonchev–Trinajstić information content (AvgIpc) is 2.82. The minimum atomic E-state index is -0.789. The van der Waals surface area contributed by atoms with E-state index in [0.29, 0.717) is 34.6 Å². The zero-order valence-corrected chi connectivity index (χ0v) is 19.5. The first-order chi connectivity index (χ1) is 15.9. The highest BCUT2D eigenvalue weighted by Crippen LogP contribution is 2.27. The highest BCUT2D eigenvalue weighted by Gasteiger charge is 2.15. The number of ether oxygens (including phenoxy) is 2. The van der Waals surface area contributed by atoms with Crippen LogP contribution in [0.5, 0.6) is 11.5 Å². The summed E-state index contributed by atoms with van der Waals surface area (Å²) in [6.07, 6.45) is -0.175. The minimum Gasteiger partial charge on any atom is -0.492 e. The Kier molecular flexibility index (Phi) is 8.98. The lowest BCUT2D eigenvalue weighted by atomic mass is 10.1. The van der Waals surface area contributed by atoms with Crippen molar-refractivity contribution in [2.45, 2.75) is 25.9 Å². The highest BCUT2D eigenvalue weighted by molar-refractivity contribution is 6.35. The van der Waals surface area contributed by atoms with E-state index in [9.17, 15) is 9.59 Å². The lowest BCUT2D eigenvalue weighted by Crippen LogP contribution is -2.47. The molecule has 33 heavy (non-hydrogen) atoms. The maximum absolute atomic E-state index is 12.2. The molecule has 0 bridgehead atoms. The zero-order valence-electron chi connectivity index (χ0n) is 18.0. The Morgan fingerprint density at radius 2 is 1.61 bits per heavy atom. The molecule has 0 fully saturated rings. The Bertz CT molecular complexity index is 1080. The van der Waals surface area contributed by atoms with Crippen LogP contribution in [-0.4, -0.2) is 24.5 Å². The van der Waals surface area contributed by atoms with E-state index in [1.165, 1.54) is 0 Å². The summed E-state index contributed by atoms with van der Waals surface area (Å²) in [4.78, 5) is 24.2. The third kappa shape index (κ3) is 7.70. The summed E-state index contributed by atoms with van der Waals surface area (Å²) in [6.45, 7) is 1.90. The Balaban J connectivity index is 1.36. The van der Waals surface area contributed by atoms with Crippen molar-refractivity contribution < 1.29 is 19.1 Å². The lowest BCUT2D eigenvalue weighted by Gasteiger charge is -2.15. The number of carbonyl (C=O) groups excluding carboxylic acids is 2. The van der Waals surface area contributed by atoms with Gasteiger partial charge in [-0.25, -0.2) is 0 Å². The molecule has 0 saturated carbocycles. The minimum absolute atomic E-state index is 0.168. The number of carbonyl (C=O) groups is 2. The van der Waals surface area contributed by atoms with Crippen molar-refractivity contribution in [2.24, 2.45) is 0 Å². The van der Waals surface area contributed by atoms with Crippen LogP contribution in [0.2, 0.25) is 10.0 Å². The molecule has 0 aliphatic heterocycles. The maximum Gasteiger partial charge on any atom is 0.279 e. The second-order valence-electron chi connectivity index (χ2n) is 7.21. The topological polar surface area (TPSA) is 76.7 Å². The van der Waals surface area contributed by atoms with Gasteiger partial charge in [0.1, 0.15) is 11.5 Å². The smallest absolute Gasteiger partial charge is 0.279 e. The fourth-order valence-electron chi connectivity index (χ4n) is 2.92. The van der Waals surface area contributed by atoms with E-state index < -0.39 is 12.0 Å². The quantitative estimate of drug-likeness (QED) is 0.312. The molecule has 1 atom stereocenters. The fourth-order valence-corrected chi connectivity index (χ4v) is 3.38. The van der Waals surface area contributed by atoms with Gasteiger partial charge in [0, 0.05) is 11.4 Å². The standard InChI is InChI=1S/C25H24Cl2N2O4/c1-17(33-21-12-9-19(10-13-21)18-6-3-2-4-7-18)25(31)29-28-24(30)8-5-15-32-23-14-11-20(26)16-22(23)27/h2-4,6-7,9-14,16-17H,5,8,15H2,1H3,(H,28,30)(H,29,31). The molecule has 0 saturated heterocycles. The third-order valence-corrected chi connectivity index (χ3v) is 5.20. The summed E-state index contributed by atoms with van der Waals surface area (Å²) in [6, 6.07) is 22.3. The Hall–Kier alpha value is -3.22. The molecule has 0 heterocycles. The summed E-state index contributed by atoms with van der Waals surface area (Å²) in [7, 11) is 0. The predicted molar refractivity (Wildman–Crippen MR) is 129 cm³/mol. The summed E-state index contributed by atoms with van der Waals surface area (Å²) >= 11 is 11.9. The Labute approximate surface area is 202 Å². The van der Waals surface area contributed by atoms with Gasteiger partial charge in [0.15, 0.2) is 6.10 Å². The van der Waals surface area contributed by atoms with Crippen LogP contribution >= 0.6 is 23.2 Å². The molecule has 1 unspecified atom stereocenters. The number of hydrogen-bond donors (Lipinski definition) is 2. The van der Waals surface area contributed by atoms with Crippen molar-refractivity contribution in [1.29, 1.82) is 0 Å². The predicted octanol–water partition coefficient (Wildman–Crippen LogP) is 5.43. The van der Waals surface area contributed by atoms with Crippen molar-refractivity contribution in [3.8, 4) is 22.6 Å². The molecule has 2 amide bonds. The van der Waals surface area contributed by atoms with Gasteiger partial charge in [0.25, 0.3) is 5.91 Å². The van der Waals surface area contributed by atoms with E-state index in [1.54, 1.807) is 37.3 Å². The second kappa shape index (κ2) is 12.1. The third-order valence-electron chi connectivity index (χ3n) is 4.67. The van der Waals surface area contributed by atoms with Crippen molar-refractivity contribution in [1.82, 2.24) is 10.9 Å². The molecule has 0 aliphatic carbocycles. The van der Waals surface area contributed by atoms with Crippen molar-refractivity contribution in [2.75, 3.05) is 6.61 Å². The largest absolute Gasteiger partial charge is 0.492 e. The molecule has 2 N–H and O–H groups in total. The van der Waals surface area contributed by atoms with Crippen LogP contribution in [-0.2, 0) is 9.59 Å². The van der Waals surface area contributed by atoms with Crippen LogP contribution in [0.15, 0.2) is 72.8 Å². The van der Waals surface area contributed by atoms with Crippen LogP contribution in [0.1, 0.15) is 19.8 Å². The maximum atomic E-state index is 12.2. The molecule has 6 nitrogen and oxygen atoms in total. The molecule has 3 aromatic carbocycles. The van der Waals surface area contributed by atoms with Gasteiger partial charge in [0.2, 0.25) is 5.91 Å².